The first-order valence-electron chi connectivity index (χ1n) is 7.95. The van der Waals surface area contributed by atoms with E-state index in [1.165, 1.54) is 0 Å². The van der Waals surface area contributed by atoms with Gasteiger partial charge in [0.1, 0.15) is 6.10 Å². The lowest BCUT2D eigenvalue weighted by molar-refractivity contribution is -0.130. The second-order valence-corrected chi connectivity index (χ2v) is 7.11. The number of halogens is 1. The van der Waals surface area contributed by atoms with E-state index in [0.717, 1.165) is 28.6 Å². The highest BCUT2D eigenvalue weighted by atomic mass is 35.5. The molecule has 8 heteroatoms. The molecule has 0 aromatic heterocycles. The standard InChI is InChI=1S/C17H17ClN2O4S/c18-12-5-3-11(4-6-12)10-14-16(22)20(17(23)25-14)8-7-19-15(21)13-2-1-9-24-13/h3-6,10,13H,1-2,7-9H2,(H,19,21)/b14-10-. The van der Waals surface area contributed by atoms with Crippen LogP contribution in [0.3, 0.4) is 0 Å². The lowest BCUT2D eigenvalue weighted by Crippen LogP contribution is -2.40. The average molecular weight is 381 g/mol. The number of nitrogens with zero attached hydrogens (tertiary/aromatic N) is 1. The maximum Gasteiger partial charge on any atom is 0.293 e. The van der Waals surface area contributed by atoms with Gasteiger partial charge in [-0.15, -0.1) is 0 Å². The van der Waals surface area contributed by atoms with Gasteiger partial charge < -0.3 is 10.1 Å². The Hall–Kier alpha value is -1.83. The molecule has 0 bridgehead atoms. The topological polar surface area (TPSA) is 75.7 Å². The zero-order valence-electron chi connectivity index (χ0n) is 13.4. The molecule has 0 radical (unpaired) electrons. The first-order valence-corrected chi connectivity index (χ1v) is 9.14. The lowest BCUT2D eigenvalue weighted by atomic mass is 10.2. The SMILES string of the molecule is O=C(NCCN1C(=O)S/C(=C\c2ccc(Cl)cc2)C1=O)C1CCCO1. The fourth-order valence-corrected chi connectivity index (χ4v) is 3.58. The molecule has 1 aromatic rings. The summed E-state index contributed by atoms with van der Waals surface area (Å²) in [6, 6.07) is 6.99. The number of benzene rings is 1. The summed E-state index contributed by atoms with van der Waals surface area (Å²) in [5.41, 5.74) is 0.793. The summed E-state index contributed by atoms with van der Waals surface area (Å²) in [5.74, 6) is -0.544. The molecule has 2 heterocycles. The van der Waals surface area contributed by atoms with Gasteiger partial charge in [-0.25, -0.2) is 0 Å². The molecule has 2 aliphatic rings. The number of amides is 3. The first-order chi connectivity index (χ1) is 12.0. The molecule has 2 fully saturated rings. The van der Waals surface area contributed by atoms with Gasteiger partial charge in [-0.2, -0.15) is 0 Å². The van der Waals surface area contributed by atoms with Crippen LogP contribution in [0.5, 0.6) is 0 Å². The summed E-state index contributed by atoms with van der Waals surface area (Å²) in [7, 11) is 0. The monoisotopic (exact) mass is 380 g/mol. The van der Waals surface area contributed by atoms with Gasteiger partial charge in [0.25, 0.3) is 11.1 Å². The molecule has 2 saturated heterocycles. The van der Waals surface area contributed by atoms with Crippen LogP contribution < -0.4 is 5.32 Å². The van der Waals surface area contributed by atoms with Gasteiger partial charge in [-0.1, -0.05) is 23.7 Å². The highest BCUT2D eigenvalue weighted by Gasteiger charge is 2.34. The van der Waals surface area contributed by atoms with Crippen molar-refractivity contribution in [1.82, 2.24) is 10.2 Å². The smallest absolute Gasteiger partial charge is 0.293 e. The minimum absolute atomic E-state index is 0.140. The molecule has 0 saturated carbocycles. The van der Waals surface area contributed by atoms with E-state index in [-0.39, 0.29) is 30.1 Å². The van der Waals surface area contributed by atoms with Crippen LogP contribution in [-0.2, 0) is 14.3 Å². The van der Waals surface area contributed by atoms with Crippen molar-refractivity contribution >= 4 is 46.5 Å². The maximum absolute atomic E-state index is 12.4. The van der Waals surface area contributed by atoms with Gasteiger partial charge in [-0.05, 0) is 48.4 Å². The highest BCUT2D eigenvalue weighted by Crippen LogP contribution is 2.32. The number of nitrogens with one attached hydrogen (secondary N) is 1. The Morgan fingerprint density at radius 2 is 2.12 bits per heavy atom. The van der Waals surface area contributed by atoms with Crippen LogP contribution >= 0.6 is 23.4 Å². The molecule has 0 spiro atoms. The quantitative estimate of drug-likeness (QED) is 0.795. The molecular formula is C17H17ClN2O4S. The van der Waals surface area contributed by atoms with Crippen molar-refractivity contribution in [2.45, 2.75) is 18.9 Å². The molecular weight excluding hydrogens is 364 g/mol. The van der Waals surface area contributed by atoms with Crippen LogP contribution in [-0.4, -0.2) is 47.8 Å². The van der Waals surface area contributed by atoms with E-state index >= 15 is 0 Å². The summed E-state index contributed by atoms with van der Waals surface area (Å²) >= 11 is 6.73. The second-order valence-electron chi connectivity index (χ2n) is 5.68. The van der Waals surface area contributed by atoms with Gasteiger partial charge in [0.15, 0.2) is 0 Å². The molecule has 1 atom stereocenters. The molecule has 2 aliphatic heterocycles. The fraction of sp³-hybridized carbons (Fsp3) is 0.353. The summed E-state index contributed by atoms with van der Waals surface area (Å²) in [5, 5.41) is 2.98. The lowest BCUT2D eigenvalue weighted by Gasteiger charge is -2.14. The number of hydrogen-bond donors (Lipinski definition) is 1. The van der Waals surface area contributed by atoms with E-state index in [2.05, 4.69) is 5.32 Å². The van der Waals surface area contributed by atoms with Crippen LogP contribution in [0, 0.1) is 0 Å². The van der Waals surface area contributed by atoms with Crippen LogP contribution in [0.15, 0.2) is 29.2 Å². The predicted molar refractivity (Wildman–Crippen MR) is 96.1 cm³/mol. The third-order valence-corrected chi connectivity index (χ3v) is 5.06. The predicted octanol–water partition coefficient (Wildman–Crippen LogP) is 2.67. The third kappa shape index (κ3) is 4.42. The molecule has 1 N–H and O–H groups in total. The Labute approximate surface area is 154 Å². The van der Waals surface area contributed by atoms with Crippen LogP contribution in [0.1, 0.15) is 18.4 Å². The Morgan fingerprint density at radius 1 is 1.36 bits per heavy atom. The van der Waals surface area contributed by atoms with Crippen molar-refractivity contribution in [3.8, 4) is 0 Å². The maximum atomic E-state index is 12.4. The minimum atomic E-state index is -0.417. The van der Waals surface area contributed by atoms with Crippen LogP contribution in [0.2, 0.25) is 5.02 Å². The van der Waals surface area contributed by atoms with Crippen LogP contribution in [0.25, 0.3) is 6.08 Å². The van der Waals surface area contributed by atoms with Gasteiger partial charge in [0.2, 0.25) is 5.91 Å². The number of imide groups is 1. The van der Waals surface area contributed by atoms with E-state index < -0.39 is 6.10 Å². The number of hydrogen-bond acceptors (Lipinski definition) is 5. The Morgan fingerprint density at radius 3 is 2.80 bits per heavy atom. The molecule has 25 heavy (non-hydrogen) atoms. The van der Waals surface area contributed by atoms with Gasteiger partial charge in [0, 0.05) is 24.7 Å². The fourth-order valence-electron chi connectivity index (χ4n) is 2.59. The third-order valence-electron chi connectivity index (χ3n) is 3.90. The Bertz CT molecular complexity index is 714. The van der Waals surface area contributed by atoms with Crippen molar-refractivity contribution in [3.05, 3.63) is 39.8 Å². The van der Waals surface area contributed by atoms with E-state index in [9.17, 15) is 14.4 Å². The van der Waals surface area contributed by atoms with E-state index in [1.807, 2.05) is 0 Å². The number of carbonyl (C=O) groups excluding carboxylic acids is 3. The molecule has 1 unspecified atom stereocenters. The minimum Gasteiger partial charge on any atom is -0.368 e. The van der Waals surface area contributed by atoms with Gasteiger partial charge in [0.05, 0.1) is 4.91 Å². The van der Waals surface area contributed by atoms with Crippen molar-refractivity contribution in [1.29, 1.82) is 0 Å². The number of ether oxygens (including phenoxy) is 1. The zero-order valence-corrected chi connectivity index (χ0v) is 14.9. The zero-order chi connectivity index (χ0) is 17.8. The summed E-state index contributed by atoms with van der Waals surface area (Å²) in [6.07, 6.45) is 2.82. The number of thioether (sulfide) groups is 1. The van der Waals surface area contributed by atoms with Crippen LogP contribution in [0.4, 0.5) is 4.79 Å². The molecule has 132 valence electrons. The first kappa shape index (κ1) is 18.0. The van der Waals surface area contributed by atoms with Crippen molar-refractivity contribution in [2.75, 3.05) is 19.7 Å². The second kappa shape index (κ2) is 8.03. The Balaban J connectivity index is 1.55. The average Bonchev–Trinajstić information content (AvgIpc) is 3.21. The largest absolute Gasteiger partial charge is 0.368 e. The molecule has 3 rings (SSSR count). The van der Waals surface area contributed by atoms with Crippen molar-refractivity contribution in [3.63, 3.8) is 0 Å². The highest BCUT2D eigenvalue weighted by molar-refractivity contribution is 8.18. The van der Waals surface area contributed by atoms with Gasteiger partial charge >= 0.3 is 0 Å². The molecule has 1 aromatic carbocycles. The van der Waals surface area contributed by atoms with Crippen molar-refractivity contribution in [2.24, 2.45) is 0 Å². The summed E-state index contributed by atoms with van der Waals surface area (Å²) < 4.78 is 5.29. The molecule has 0 aliphatic carbocycles. The van der Waals surface area contributed by atoms with Crippen molar-refractivity contribution < 1.29 is 19.1 Å². The van der Waals surface area contributed by atoms with E-state index in [0.29, 0.717) is 23.0 Å². The Kier molecular flexibility index (Phi) is 5.78. The molecule has 6 nitrogen and oxygen atoms in total. The number of rotatable bonds is 5. The molecule has 3 amide bonds. The van der Waals surface area contributed by atoms with E-state index in [1.54, 1.807) is 30.3 Å². The van der Waals surface area contributed by atoms with E-state index in [4.69, 9.17) is 16.3 Å². The number of carbonyl (C=O) groups is 3. The summed E-state index contributed by atoms with van der Waals surface area (Å²) in [4.78, 5) is 37.8. The van der Waals surface area contributed by atoms with Gasteiger partial charge in [-0.3, -0.25) is 19.3 Å². The normalized spacial score (nSPS) is 22.0. The summed E-state index contributed by atoms with van der Waals surface area (Å²) in [6.45, 7) is 0.947.